The predicted octanol–water partition coefficient (Wildman–Crippen LogP) is 4.35. The van der Waals surface area contributed by atoms with Gasteiger partial charge in [0.1, 0.15) is 16.9 Å². The van der Waals surface area contributed by atoms with Gasteiger partial charge in [-0.25, -0.2) is 0 Å². The standard InChI is InChI=1S/C18H18BrNO3S/c1-22-14-6-7-15(16(11-14)23-2)18-20(8-9-24-18)17(21)12-4-3-5-13(19)10-12/h3-7,10-11,18H,8-9H2,1-2H3/t18-/m0/s1. The number of hydrogen-bond acceptors (Lipinski definition) is 4. The number of amides is 1. The summed E-state index contributed by atoms with van der Waals surface area (Å²) in [7, 11) is 3.26. The Hall–Kier alpha value is -1.66. The van der Waals surface area contributed by atoms with Crippen molar-refractivity contribution < 1.29 is 14.3 Å². The van der Waals surface area contributed by atoms with Crippen LogP contribution in [0.5, 0.6) is 11.5 Å². The number of carbonyl (C=O) groups excluding carboxylic acids is 1. The summed E-state index contributed by atoms with van der Waals surface area (Å²) in [6.45, 7) is 0.718. The summed E-state index contributed by atoms with van der Waals surface area (Å²) in [4.78, 5) is 14.8. The van der Waals surface area contributed by atoms with E-state index < -0.39 is 0 Å². The van der Waals surface area contributed by atoms with Gasteiger partial charge < -0.3 is 14.4 Å². The largest absolute Gasteiger partial charge is 0.497 e. The zero-order valence-electron chi connectivity index (χ0n) is 13.5. The first kappa shape index (κ1) is 17.2. The number of thioether (sulfide) groups is 1. The van der Waals surface area contributed by atoms with Gasteiger partial charge in [0.05, 0.1) is 14.2 Å². The quantitative estimate of drug-likeness (QED) is 0.754. The number of ether oxygens (including phenoxy) is 2. The van der Waals surface area contributed by atoms with Gasteiger partial charge in [0.15, 0.2) is 0 Å². The van der Waals surface area contributed by atoms with E-state index in [-0.39, 0.29) is 11.3 Å². The molecule has 0 radical (unpaired) electrons. The van der Waals surface area contributed by atoms with Crippen LogP contribution in [0.1, 0.15) is 21.3 Å². The molecule has 0 aromatic heterocycles. The number of carbonyl (C=O) groups is 1. The minimum atomic E-state index is -0.0580. The van der Waals surface area contributed by atoms with Crippen LogP contribution >= 0.6 is 27.7 Å². The topological polar surface area (TPSA) is 38.8 Å². The molecule has 0 bridgehead atoms. The van der Waals surface area contributed by atoms with Gasteiger partial charge in [-0.1, -0.05) is 22.0 Å². The molecule has 4 nitrogen and oxygen atoms in total. The van der Waals surface area contributed by atoms with Gasteiger partial charge in [0.2, 0.25) is 0 Å². The van der Waals surface area contributed by atoms with E-state index in [1.54, 1.807) is 26.0 Å². The second-order valence-corrected chi connectivity index (χ2v) is 7.44. The van der Waals surface area contributed by atoms with Crippen LogP contribution in [-0.4, -0.2) is 37.3 Å². The lowest BCUT2D eigenvalue weighted by atomic mass is 10.1. The number of halogens is 1. The summed E-state index contributed by atoms with van der Waals surface area (Å²) in [5, 5.41) is -0.0580. The van der Waals surface area contributed by atoms with E-state index >= 15 is 0 Å². The van der Waals surface area contributed by atoms with E-state index in [9.17, 15) is 4.79 Å². The highest BCUT2D eigenvalue weighted by atomic mass is 79.9. The Morgan fingerprint density at radius 3 is 2.75 bits per heavy atom. The minimum Gasteiger partial charge on any atom is -0.497 e. The Morgan fingerprint density at radius 1 is 1.21 bits per heavy atom. The van der Waals surface area contributed by atoms with Gasteiger partial charge in [0.25, 0.3) is 5.91 Å². The second kappa shape index (κ2) is 7.49. The average molecular weight is 408 g/mol. The molecule has 24 heavy (non-hydrogen) atoms. The molecule has 1 saturated heterocycles. The van der Waals surface area contributed by atoms with Gasteiger partial charge >= 0.3 is 0 Å². The smallest absolute Gasteiger partial charge is 0.255 e. The molecule has 0 spiro atoms. The maximum Gasteiger partial charge on any atom is 0.255 e. The highest BCUT2D eigenvalue weighted by Crippen LogP contribution is 2.43. The molecular weight excluding hydrogens is 390 g/mol. The summed E-state index contributed by atoms with van der Waals surface area (Å²) < 4.78 is 11.7. The average Bonchev–Trinajstić information content (AvgIpc) is 3.09. The maximum atomic E-state index is 12.9. The minimum absolute atomic E-state index is 0.0316. The predicted molar refractivity (Wildman–Crippen MR) is 99.9 cm³/mol. The Balaban J connectivity index is 1.92. The lowest BCUT2D eigenvalue weighted by Crippen LogP contribution is -2.30. The Labute approximate surface area is 154 Å². The van der Waals surface area contributed by atoms with Crippen LogP contribution in [0.2, 0.25) is 0 Å². The van der Waals surface area contributed by atoms with Gasteiger partial charge in [-0.15, -0.1) is 11.8 Å². The molecule has 6 heteroatoms. The summed E-state index contributed by atoms with van der Waals surface area (Å²) in [5.74, 6) is 2.41. The lowest BCUT2D eigenvalue weighted by molar-refractivity contribution is 0.0759. The molecule has 1 atom stereocenters. The highest BCUT2D eigenvalue weighted by Gasteiger charge is 2.33. The molecule has 1 aliphatic rings. The van der Waals surface area contributed by atoms with E-state index in [2.05, 4.69) is 15.9 Å². The molecule has 2 aromatic rings. The first-order valence-corrected chi connectivity index (χ1v) is 9.38. The summed E-state index contributed by atoms with van der Waals surface area (Å²) in [6, 6.07) is 13.2. The monoisotopic (exact) mass is 407 g/mol. The van der Waals surface area contributed by atoms with Gasteiger partial charge in [0, 0.05) is 34.0 Å². The molecule has 1 aliphatic heterocycles. The normalized spacial score (nSPS) is 17.0. The summed E-state index contributed by atoms with van der Waals surface area (Å²) in [6.07, 6.45) is 0. The van der Waals surface area contributed by atoms with Crippen LogP contribution in [-0.2, 0) is 0 Å². The van der Waals surface area contributed by atoms with E-state index in [4.69, 9.17) is 9.47 Å². The van der Waals surface area contributed by atoms with Crippen molar-refractivity contribution in [2.24, 2.45) is 0 Å². The number of hydrogen-bond donors (Lipinski definition) is 0. The first-order chi connectivity index (χ1) is 11.6. The van der Waals surface area contributed by atoms with Crippen LogP contribution in [0.4, 0.5) is 0 Å². The van der Waals surface area contributed by atoms with Crippen molar-refractivity contribution in [3.05, 3.63) is 58.1 Å². The summed E-state index contributed by atoms with van der Waals surface area (Å²) in [5.41, 5.74) is 1.67. The van der Waals surface area contributed by atoms with E-state index in [0.717, 1.165) is 33.8 Å². The number of benzene rings is 2. The number of rotatable bonds is 4. The van der Waals surface area contributed by atoms with Crippen molar-refractivity contribution in [1.29, 1.82) is 0 Å². The van der Waals surface area contributed by atoms with Crippen molar-refractivity contribution in [2.45, 2.75) is 5.37 Å². The third-order valence-corrected chi connectivity index (χ3v) is 5.67. The molecule has 1 amide bonds. The van der Waals surface area contributed by atoms with E-state index in [1.165, 1.54) is 0 Å². The molecule has 0 aliphatic carbocycles. The molecule has 2 aromatic carbocycles. The SMILES string of the molecule is COc1ccc([C@@H]2SCCN2C(=O)c2cccc(Br)c2)c(OC)c1. The van der Waals surface area contributed by atoms with E-state index in [1.807, 2.05) is 47.4 Å². The maximum absolute atomic E-state index is 12.9. The van der Waals surface area contributed by atoms with Crippen molar-refractivity contribution in [3.63, 3.8) is 0 Å². The Bertz CT molecular complexity index is 753. The molecular formula is C18H18BrNO3S. The molecule has 0 saturated carbocycles. The van der Waals surface area contributed by atoms with Crippen LogP contribution in [0.25, 0.3) is 0 Å². The van der Waals surface area contributed by atoms with Crippen LogP contribution in [0.3, 0.4) is 0 Å². The van der Waals surface area contributed by atoms with Gasteiger partial charge in [-0.05, 0) is 30.3 Å². The fourth-order valence-corrected chi connectivity index (χ4v) is 4.43. The van der Waals surface area contributed by atoms with E-state index in [0.29, 0.717) is 5.56 Å². The zero-order valence-corrected chi connectivity index (χ0v) is 15.9. The van der Waals surface area contributed by atoms with Crippen molar-refractivity contribution in [3.8, 4) is 11.5 Å². The second-order valence-electron chi connectivity index (χ2n) is 5.34. The van der Waals surface area contributed by atoms with Gasteiger partial charge in [-0.3, -0.25) is 4.79 Å². The van der Waals surface area contributed by atoms with Gasteiger partial charge in [-0.2, -0.15) is 0 Å². The van der Waals surface area contributed by atoms with Crippen molar-refractivity contribution in [2.75, 3.05) is 26.5 Å². The molecule has 0 N–H and O–H groups in total. The lowest BCUT2D eigenvalue weighted by Gasteiger charge is -2.25. The first-order valence-electron chi connectivity index (χ1n) is 7.54. The number of methoxy groups -OCH3 is 2. The molecule has 1 fully saturated rings. The third kappa shape index (κ3) is 3.39. The third-order valence-electron chi connectivity index (χ3n) is 3.93. The van der Waals surface area contributed by atoms with Crippen molar-refractivity contribution >= 4 is 33.6 Å². The Kier molecular flexibility index (Phi) is 5.36. The molecule has 3 rings (SSSR count). The number of nitrogens with zero attached hydrogens (tertiary/aromatic N) is 1. The van der Waals surface area contributed by atoms with Crippen LogP contribution in [0.15, 0.2) is 46.9 Å². The fourth-order valence-electron chi connectivity index (χ4n) is 2.75. The highest BCUT2D eigenvalue weighted by molar-refractivity contribution is 9.10. The Morgan fingerprint density at radius 2 is 2.04 bits per heavy atom. The fraction of sp³-hybridized carbons (Fsp3) is 0.278. The molecule has 0 unspecified atom stereocenters. The van der Waals surface area contributed by atoms with Crippen LogP contribution < -0.4 is 9.47 Å². The summed E-state index contributed by atoms with van der Waals surface area (Å²) >= 11 is 5.17. The zero-order chi connectivity index (χ0) is 17.1. The molecule has 1 heterocycles. The van der Waals surface area contributed by atoms with Crippen LogP contribution in [0, 0.1) is 0 Å². The van der Waals surface area contributed by atoms with Crippen molar-refractivity contribution in [1.82, 2.24) is 4.90 Å². The molecule has 126 valence electrons.